The fourth-order valence-electron chi connectivity index (χ4n) is 1.45. The predicted octanol–water partition coefficient (Wildman–Crippen LogP) is 2.24. The van der Waals surface area contributed by atoms with Gasteiger partial charge in [0.15, 0.2) is 0 Å². The number of halogens is 1. The average Bonchev–Trinajstić information content (AvgIpc) is 2.32. The zero-order valence-electron chi connectivity index (χ0n) is 11.1. The van der Waals surface area contributed by atoms with Crippen LogP contribution in [0.3, 0.4) is 0 Å². The van der Waals surface area contributed by atoms with Crippen molar-refractivity contribution in [3.05, 3.63) is 33.3 Å². The van der Waals surface area contributed by atoms with Crippen molar-refractivity contribution in [3.8, 4) is 0 Å². The second-order valence-electron chi connectivity index (χ2n) is 4.24. The highest BCUT2D eigenvalue weighted by atomic mass is 35.5. The van der Waals surface area contributed by atoms with E-state index in [1.807, 2.05) is 19.0 Å². The van der Waals surface area contributed by atoms with Gasteiger partial charge in [-0.1, -0.05) is 17.7 Å². The Kier molecular flexibility index (Phi) is 6.55. The minimum Gasteiger partial charge on any atom is -0.378 e. The van der Waals surface area contributed by atoms with Gasteiger partial charge in [0.2, 0.25) is 0 Å². The summed E-state index contributed by atoms with van der Waals surface area (Å²) in [6.45, 7) is 2.45. The molecule has 1 aromatic rings. The lowest BCUT2D eigenvalue weighted by Crippen LogP contribution is -2.20. The number of likely N-dealkylation sites (N-methyl/N-ethyl adjacent to an activating group) is 1. The van der Waals surface area contributed by atoms with Gasteiger partial charge in [0, 0.05) is 13.1 Å². The molecule has 1 N–H and O–H groups in total. The molecule has 0 aromatic heterocycles. The van der Waals surface area contributed by atoms with Crippen LogP contribution in [0.2, 0.25) is 5.02 Å². The van der Waals surface area contributed by atoms with Crippen LogP contribution in [0.4, 0.5) is 11.4 Å². The van der Waals surface area contributed by atoms with Gasteiger partial charge >= 0.3 is 5.69 Å². The van der Waals surface area contributed by atoms with Gasteiger partial charge in [-0.2, -0.15) is 0 Å². The van der Waals surface area contributed by atoms with Crippen molar-refractivity contribution in [2.45, 2.75) is 0 Å². The zero-order chi connectivity index (χ0) is 14.3. The van der Waals surface area contributed by atoms with Crippen LogP contribution in [-0.2, 0) is 4.74 Å². The van der Waals surface area contributed by atoms with Crippen molar-refractivity contribution in [2.24, 2.45) is 0 Å². The van der Waals surface area contributed by atoms with Gasteiger partial charge in [0.25, 0.3) is 0 Å². The quantitative estimate of drug-likeness (QED) is 0.451. The maximum Gasteiger partial charge on any atom is 0.310 e. The number of nitrogens with one attached hydrogen (secondary N) is 1. The first-order valence-corrected chi connectivity index (χ1v) is 6.29. The third-order valence-electron chi connectivity index (χ3n) is 2.41. The van der Waals surface area contributed by atoms with E-state index < -0.39 is 4.92 Å². The van der Waals surface area contributed by atoms with Gasteiger partial charge in [0.05, 0.1) is 18.1 Å². The summed E-state index contributed by atoms with van der Waals surface area (Å²) in [6, 6.07) is 4.80. The van der Waals surface area contributed by atoms with Crippen molar-refractivity contribution in [1.82, 2.24) is 4.90 Å². The van der Waals surface area contributed by atoms with E-state index in [0.29, 0.717) is 25.4 Å². The van der Waals surface area contributed by atoms with Crippen LogP contribution in [-0.4, -0.2) is 50.2 Å². The normalized spacial score (nSPS) is 10.7. The number of anilines is 1. The van der Waals surface area contributed by atoms with Gasteiger partial charge in [-0.25, -0.2) is 0 Å². The molecule has 0 aliphatic carbocycles. The Morgan fingerprint density at radius 2 is 2.16 bits per heavy atom. The van der Waals surface area contributed by atoms with Crippen molar-refractivity contribution in [2.75, 3.05) is 45.7 Å². The van der Waals surface area contributed by atoms with Crippen LogP contribution < -0.4 is 5.32 Å². The first-order valence-electron chi connectivity index (χ1n) is 5.91. The summed E-state index contributed by atoms with van der Waals surface area (Å²) in [4.78, 5) is 12.4. The lowest BCUT2D eigenvalue weighted by atomic mass is 10.2. The number of para-hydroxylation sites is 1. The Bertz CT molecular complexity index is 427. The van der Waals surface area contributed by atoms with Crippen LogP contribution in [0.1, 0.15) is 0 Å². The number of ether oxygens (including phenoxy) is 1. The van der Waals surface area contributed by atoms with E-state index in [2.05, 4.69) is 5.32 Å². The van der Waals surface area contributed by atoms with Gasteiger partial charge in [0.1, 0.15) is 10.7 Å². The average molecular weight is 288 g/mol. The summed E-state index contributed by atoms with van der Waals surface area (Å²) >= 11 is 5.80. The number of benzene rings is 1. The molecule has 0 heterocycles. The molecule has 106 valence electrons. The molecule has 1 rings (SSSR count). The van der Waals surface area contributed by atoms with E-state index in [0.717, 1.165) is 6.54 Å². The van der Waals surface area contributed by atoms with Crippen molar-refractivity contribution in [3.63, 3.8) is 0 Å². The van der Waals surface area contributed by atoms with Gasteiger partial charge in [-0.3, -0.25) is 10.1 Å². The fraction of sp³-hybridized carbons (Fsp3) is 0.500. The maximum absolute atomic E-state index is 10.9. The summed E-state index contributed by atoms with van der Waals surface area (Å²) < 4.78 is 5.39. The number of rotatable bonds is 8. The fourth-order valence-corrected chi connectivity index (χ4v) is 1.69. The van der Waals surface area contributed by atoms with Crippen LogP contribution in [0, 0.1) is 10.1 Å². The molecule has 1 aromatic carbocycles. The largest absolute Gasteiger partial charge is 0.378 e. The molecule has 0 aliphatic heterocycles. The molecule has 0 aliphatic rings. The number of hydrogen-bond donors (Lipinski definition) is 1. The molecule has 19 heavy (non-hydrogen) atoms. The number of nitro groups is 1. The predicted molar refractivity (Wildman–Crippen MR) is 76.0 cm³/mol. The Morgan fingerprint density at radius 3 is 2.79 bits per heavy atom. The summed E-state index contributed by atoms with van der Waals surface area (Å²) in [5.74, 6) is 0. The summed E-state index contributed by atoms with van der Waals surface area (Å²) in [6.07, 6.45) is 0. The Labute approximate surface area is 117 Å². The number of nitrogens with zero attached hydrogens (tertiary/aromatic N) is 2. The van der Waals surface area contributed by atoms with Crippen molar-refractivity contribution in [1.29, 1.82) is 0 Å². The molecule has 0 saturated carbocycles. The Morgan fingerprint density at radius 1 is 1.42 bits per heavy atom. The van der Waals surface area contributed by atoms with E-state index in [1.165, 1.54) is 6.07 Å². The van der Waals surface area contributed by atoms with Gasteiger partial charge in [-0.15, -0.1) is 0 Å². The monoisotopic (exact) mass is 287 g/mol. The molecule has 0 bridgehead atoms. The Hall–Kier alpha value is -1.37. The zero-order valence-corrected chi connectivity index (χ0v) is 11.8. The second-order valence-corrected chi connectivity index (χ2v) is 4.64. The van der Waals surface area contributed by atoms with Crippen molar-refractivity contribution >= 4 is 23.0 Å². The van der Waals surface area contributed by atoms with Crippen LogP contribution in [0.15, 0.2) is 18.2 Å². The molecule has 0 fully saturated rings. The number of hydrogen-bond acceptors (Lipinski definition) is 5. The van der Waals surface area contributed by atoms with E-state index >= 15 is 0 Å². The molecule has 0 saturated heterocycles. The first-order chi connectivity index (χ1) is 9.02. The number of nitro benzene ring substituents is 1. The highest BCUT2D eigenvalue weighted by molar-refractivity contribution is 6.33. The van der Waals surface area contributed by atoms with Crippen molar-refractivity contribution < 1.29 is 9.66 Å². The molecule has 0 unspecified atom stereocenters. The molecular weight excluding hydrogens is 270 g/mol. The standard InChI is InChI=1S/C12H18ClN3O3/c1-15(2)7-9-19-8-6-14-11-5-3-4-10(13)12(11)16(17)18/h3-5,14H,6-9H2,1-2H3. The van der Waals surface area contributed by atoms with E-state index in [-0.39, 0.29) is 10.7 Å². The Balaban J connectivity index is 2.41. The van der Waals surface area contributed by atoms with E-state index in [4.69, 9.17) is 16.3 Å². The first kappa shape index (κ1) is 15.7. The minimum absolute atomic E-state index is 0.0996. The molecule has 7 heteroatoms. The van der Waals surface area contributed by atoms with E-state index in [9.17, 15) is 10.1 Å². The minimum atomic E-state index is -0.489. The highest BCUT2D eigenvalue weighted by Gasteiger charge is 2.17. The van der Waals surface area contributed by atoms with E-state index in [1.54, 1.807) is 12.1 Å². The summed E-state index contributed by atoms with van der Waals surface area (Å²) in [5.41, 5.74) is 0.311. The third kappa shape index (κ3) is 5.42. The lowest BCUT2D eigenvalue weighted by Gasteiger charge is -2.11. The molecule has 0 radical (unpaired) electrons. The van der Waals surface area contributed by atoms with Gasteiger partial charge in [-0.05, 0) is 26.2 Å². The molecule has 0 amide bonds. The summed E-state index contributed by atoms with van der Waals surface area (Å²) in [5, 5.41) is 14.0. The van der Waals surface area contributed by atoms with Crippen LogP contribution in [0.25, 0.3) is 0 Å². The van der Waals surface area contributed by atoms with Gasteiger partial charge < -0.3 is 15.0 Å². The van der Waals surface area contributed by atoms with Crippen LogP contribution >= 0.6 is 11.6 Å². The SMILES string of the molecule is CN(C)CCOCCNc1cccc(Cl)c1[N+](=O)[O-]. The molecule has 6 nitrogen and oxygen atoms in total. The topological polar surface area (TPSA) is 67.6 Å². The maximum atomic E-state index is 10.9. The molecule has 0 spiro atoms. The van der Waals surface area contributed by atoms with Crippen LogP contribution in [0.5, 0.6) is 0 Å². The lowest BCUT2D eigenvalue weighted by molar-refractivity contribution is -0.383. The second kappa shape index (κ2) is 7.93. The third-order valence-corrected chi connectivity index (χ3v) is 2.72. The molecular formula is C12H18ClN3O3. The summed E-state index contributed by atoms with van der Waals surface area (Å²) in [7, 11) is 3.94. The highest BCUT2D eigenvalue weighted by Crippen LogP contribution is 2.31. The molecule has 0 atom stereocenters. The smallest absolute Gasteiger partial charge is 0.310 e.